The van der Waals surface area contributed by atoms with Crippen molar-refractivity contribution in [2.24, 2.45) is 5.73 Å². The number of tetrazole rings is 1. The molecule has 0 amide bonds. The molecule has 3 rings (SSSR count). The van der Waals surface area contributed by atoms with Crippen molar-refractivity contribution in [1.82, 2.24) is 20.2 Å². The van der Waals surface area contributed by atoms with E-state index in [0.29, 0.717) is 5.69 Å². The fraction of sp³-hybridized carbons (Fsp3) is 0.111. The first-order chi connectivity index (χ1) is 12.8. The van der Waals surface area contributed by atoms with Crippen LogP contribution in [0.2, 0.25) is 0 Å². The Balaban J connectivity index is 2.01. The Labute approximate surface area is 152 Å². The normalized spacial score (nSPS) is 12.2. The molecular formula is C18H14F3N5O. The van der Waals surface area contributed by atoms with Crippen molar-refractivity contribution in [3.05, 3.63) is 77.2 Å². The van der Waals surface area contributed by atoms with Crippen molar-refractivity contribution in [1.29, 1.82) is 0 Å². The van der Waals surface area contributed by atoms with Crippen LogP contribution in [0.15, 0.2) is 54.7 Å². The predicted molar refractivity (Wildman–Crippen MR) is 91.8 cm³/mol. The maximum absolute atomic E-state index is 12.9. The molecule has 1 heterocycles. The minimum Gasteiger partial charge on any atom is -0.404 e. The van der Waals surface area contributed by atoms with E-state index in [9.17, 15) is 18.0 Å². The molecule has 0 fully saturated rings. The average Bonchev–Trinajstić information content (AvgIpc) is 3.12. The van der Waals surface area contributed by atoms with Gasteiger partial charge < -0.3 is 5.73 Å². The van der Waals surface area contributed by atoms with Crippen LogP contribution in [0, 0.1) is 6.92 Å². The summed E-state index contributed by atoms with van der Waals surface area (Å²) >= 11 is 0. The highest BCUT2D eigenvalue weighted by Gasteiger charge is 2.31. The molecule has 27 heavy (non-hydrogen) atoms. The smallest absolute Gasteiger partial charge is 0.404 e. The summed E-state index contributed by atoms with van der Waals surface area (Å²) in [7, 11) is 0. The molecule has 1 aromatic heterocycles. The average molecular weight is 373 g/mol. The van der Waals surface area contributed by atoms with Crippen LogP contribution in [0.5, 0.6) is 0 Å². The number of alkyl halides is 3. The van der Waals surface area contributed by atoms with E-state index in [4.69, 9.17) is 5.73 Å². The number of carbonyl (C=O) groups excluding carboxylic acids is 1. The van der Waals surface area contributed by atoms with Crippen LogP contribution in [0.4, 0.5) is 13.2 Å². The molecule has 0 atom stereocenters. The summed E-state index contributed by atoms with van der Waals surface area (Å²) in [5.74, 6) is -0.685. The van der Waals surface area contributed by atoms with E-state index in [1.807, 2.05) is 19.1 Å². The molecular weight excluding hydrogens is 359 g/mol. The van der Waals surface area contributed by atoms with Gasteiger partial charge in [-0.15, -0.1) is 5.10 Å². The van der Waals surface area contributed by atoms with Gasteiger partial charge in [0.2, 0.25) is 0 Å². The zero-order chi connectivity index (χ0) is 19.6. The lowest BCUT2D eigenvalue weighted by atomic mass is 10.0. The maximum Gasteiger partial charge on any atom is 0.416 e. The zero-order valence-corrected chi connectivity index (χ0v) is 14.1. The van der Waals surface area contributed by atoms with E-state index in [0.717, 1.165) is 30.0 Å². The van der Waals surface area contributed by atoms with Crippen molar-refractivity contribution in [2.45, 2.75) is 13.1 Å². The van der Waals surface area contributed by atoms with Crippen LogP contribution in [-0.2, 0) is 6.18 Å². The minimum atomic E-state index is -4.56. The van der Waals surface area contributed by atoms with Crippen LogP contribution in [0.1, 0.15) is 27.3 Å². The highest BCUT2D eigenvalue weighted by atomic mass is 19.4. The Morgan fingerprint density at radius 3 is 2.48 bits per heavy atom. The number of ketones is 1. The van der Waals surface area contributed by atoms with E-state index in [1.165, 1.54) is 10.7 Å². The predicted octanol–water partition coefficient (Wildman–Crippen LogP) is 3.17. The third-order valence-electron chi connectivity index (χ3n) is 3.85. The number of carbonyl (C=O) groups is 1. The van der Waals surface area contributed by atoms with Crippen molar-refractivity contribution >= 4 is 11.4 Å². The second-order valence-corrected chi connectivity index (χ2v) is 5.74. The number of hydrogen-bond donors (Lipinski definition) is 1. The van der Waals surface area contributed by atoms with Crippen molar-refractivity contribution in [3.8, 4) is 5.69 Å². The lowest BCUT2D eigenvalue weighted by Crippen LogP contribution is -2.13. The number of nitrogens with two attached hydrogens (primary N) is 1. The van der Waals surface area contributed by atoms with Gasteiger partial charge in [0.15, 0.2) is 11.6 Å². The maximum atomic E-state index is 12.9. The quantitative estimate of drug-likeness (QED) is 0.561. The van der Waals surface area contributed by atoms with Gasteiger partial charge >= 0.3 is 6.18 Å². The van der Waals surface area contributed by atoms with Crippen molar-refractivity contribution in [3.63, 3.8) is 0 Å². The minimum absolute atomic E-state index is 0.0313. The van der Waals surface area contributed by atoms with Gasteiger partial charge in [0, 0.05) is 11.8 Å². The molecule has 0 bridgehead atoms. The molecule has 0 aliphatic carbocycles. The number of rotatable bonds is 4. The molecule has 0 unspecified atom stereocenters. The van der Waals surface area contributed by atoms with Crippen LogP contribution in [-0.4, -0.2) is 26.0 Å². The van der Waals surface area contributed by atoms with Crippen molar-refractivity contribution in [2.75, 3.05) is 0 Å². The summed E-state index contributed by atoms with van der Waals surface area (Å²) < 4.78 is 40.1. The SMILES string of the molecule is Cc1ccc(-n2nnnc2C(=CN)C(=O)c2cccc(C(F)(F)F)c2)cc1. The fourth-order valence-corrected chi connectivity index (χ4v) is 2.46. The van der Waals surface area contributed by atoms with Gasteiger partial charge in [-0.3, -0.25) is 4.79 Å². The number of halogens is 3. The van der Waals surface area contributed by atoms with Crippen LogP contribution in [0.25, 0.3) is 11.3 Å². The van der Waals surface area contributed by atoms with Crippen LogP contribution < -0.4 is 5.73 Å². The van der Waals surface area contributed by atoms with E-state index in [2.05, 4.69) is 15.5 Å². The number of aromatic nitrogens is 4. The van der Waals surface area contributed by atoms with Gasteiger partial charge in [0.05, 0.1) is 16.8 Å². The summed E-state index contributed by atoms with van der Waals surface area (Å²) in [4.78, 5) is 12.8. The number of hydrogen-bond acceptors (Lipinski definition) is 5. The van der Waals surface area contributed by atoms with Gasteiger partial charge in [-0.2, -0.15) is 17.9 Å². The molecule has 0 saturated heterocycles. The highest BCUT2D eigenvalue weighted by molar-refractivity contribution is 6.28. The molecule has 3 aromatic rings. The molecule has 0 aliphatic rings. The number of aryl methyl sites for hydroxylation is 1. The van der Waals surface area contributed by atoms with Gasteiger partial charge in [-0.25, -0.2) is 0 Å². The Bertz CT molecular complexity index is 1010. The Morgan fingerprint density at radius 1 is 1.15 bits per heavy atom. The third-order valence-corrected chi connectivity index (χ3v) is 3.85. The van der Waals surface area contributed by atoms with Crippen molar-refractivity contribution < 1.29 is 18.0 Å². The third kappa shape index (κ3) is 3.71. The van der Waals surface area contributed by atoms with Gasteiger partial charge in [-0.05, 0) is 41.6 Å². The number of benzene rings is 2. The summed E-state index contributed by atoms with van der Waals surface area (Å²) in [5, 5.41) is 11.2. The molecule has 2 N–H and O–H groups in total. The topological polar surface area (TPSA) is 86.7 Å². The van der Waals surface area contributed by atoms with Gasteiger partial charge in [0.1, 0.15) is 0 Å². The number of Topliss-reactive ketones (excluding diaryl/α,β-unsaturated/α-hetero) is 1. The first kappa shape index (κ1) is 18.3. The summed E-state index contributed by atoms with van der Waals surface area (Å²) in [6.07, 6.45) is -3.58. The summed E-state index contributed by atoms with van der Waals surface area (Å²) in [6, 6.07) is 11.3. The first-order valence-electron chi connectivity index (χ1n) is 7.81. The lowest BCUT2D eigenvalue weighted by Gasteiger charge is -2.10. The molecule has 0 saturated carbocycles. The Kier molecular flexibility index (Phi) is 4.76. The second kappa shape index (κ2) is 7.02. The molecule has 0 spiro atoms. The second-order valence-electron chi connectivity index (χ2n) is 5.74. The molecule has 0 radical (unpaired) electrons. The van der Waals surface area contributed by atoms with E-state index < -0.39 is 17.5 Å². The number of allylic oxidation sites excluding steroid dienone is 1. The Hall–Kier alpha value is -3.49. The molecule has 2 aromatic carbocycles. The Morgan fingerprint density at radius 2 is 1.85 bits per heavy atom. The molecule has 9 heteroatoms. The monoisotopic (exact) mass is 373 g/mol. The van der Waals surface area contributed by atoms with Gasteiger partial charge in [0.25, 0.3) is 0 Å². The highest BCUT2D eigenvalue weighted by Crippen LogP contribution is 2.30. The van der Waals surface area contributed by atoms with Gasteiger partial charge in [-0.1, -0.05) is 29.8 Å². The summed E-state index contributed by atoms with van der Waals surface area (Å²) in [6.45, 7) is 1.91. The first-order valence-corrected chi connectivity index (χ1v) is 7.81. The number of nitrogens with zero attached hydrogens (tertiary/aromatic N) is 4. The summed E-state index contributed by atoms with van der Waals surface area (Å²) in [5.41, 5.74) is 5.97. The molecule has 0 aliphatic heterocycles. The zero-order valence-electron chi connectivity index (χ0n) is 14.1. The standard InChI is InChI=1S/C18H14F3N5O/c1-11-5-7-14(8-6-11)26-17(23-24-25-26)15(10-22)16(27)12-3-2-4-13(9-12)18(19,20)21/h2-10H,22H2,1H3. The van der Waals surface area contributed by atoms with Crippen LogP contribution >= 0.6 is 0 Å². The molecule has 6 nitrogen and oxygen atoms in total. The molecule has 138 valence electrons. The van der Waals surface area contributed by atoms with Crippen LogP contribution in [0.3, 0.4) is 0 Å². The van der Waals surface area contributed by atoms with E-state index >= 15 is 0 Å². The largest absolute Gasteiger partial charge is 0.416 e. The lowest BCUT2D eigenvalue weighted by molar-refractivity contribution is -0.137. The van der Waals surface area contributed by atoms with E-state index in [-0.39, 0.29) is 17.0 Å². The van der Waals surface area contributed by atoms with E-state index in [1.54, 1.807) is 12.1 Å². The fourth-order valence-electron chi connectivity index (χ4n) is 2.46.